The molecule has 2 aromatic rings. The number of aromatic amines is 1. The maximum atomic E-state index is 12.5. The monoisotopic (exact) mass is 381 g/mol. The van der Waals surface area contributed by atoms with Crippen molar-refractivity contribution in [2.45, 2.75) is 19.4 Å². The molecule has 1 N–H and O–H groups in total. The number of amides is 1. The quantitative estimate of drug-likeness (QED) is 0.867. The van der Waals surface area contributed by atoms with Crippen molar-refractivity contribution in [3.05, 3.63) is 61.2 Å². The first-order chi connectivity index (χ1) is 10.5. The zero-order valence-electron chi connectivity index (χ0n) is 11.6. The van der Waals surface area contributed by atoms with Crippen molar-refractivity contribution in [1.29, 1.82) is 0 Å². The van der Waals surface area contributed by atoms with Crippen molar-refractivity contribution in [2.24, 2.45) is 0 Å². The van der Waals surface area contributed by atoms with Gasteiger partial charge in [0.05, 0.1) is 30.6 Å². The summed E-state index contributed by atoms with van der Waals surface area (Å²) in [5.74, 6) is -0.0473. The van der Waals surface area contributed by atoms with Gasteiger partial charge in [0.15, 0.2) is 0 Å². The first-order valence-electron chi connectivity index (χ1n) is 6.82. The molecule has 3 rings (SSSR count). The fraction of sp³-hybridized carbons (Fsp3) is 0.267. The number of nitrogens with zero attached hydrogens (tertiary/aromatic N) is 2. The lowest BCUT2D eigenvalue weighted by molar-refractivity contribution is -0.131. The SMILES string of the molecule is O=C(Cc1cc(Br)ccc1Cl)N1CCc2nc[nH]c(=O)c2C1. The number of rotatable bonds is 2. The molecule has 22 heavy (non-hydrogen) atoms. The lowest BCUT2D eigenvalue weighted by Crippen LogP contribution is -2.40. The van der Waals surface area contributed by atoms with Crippen molar-refractivity contribution >= 4 is 33.4 Å². The van der Waals surface area contributed by atoms with Gasteiger partial charge in [0.1, 0.15) is 0 Å². The zero-order chi connectivity index (χ0) is 15.7. The van der Waals surface area contributed by atoms with Crippen LogP contribution in [-0.2, 0) is 24.2 Å². The lowest BCUT2D eigenvalue weighted by atomic mass is 10.1. The van der Waals surface area contributed by atoms with Crippen molar-refractivity contribution in [3.8, 4) is 0 Å². The number of aromatic nitrogens is 2. The van der Waals surface area contributed by atoms with Crippen LogP contribution in [0.3, 0.4) is 0 Å². The van der Waals surface area contributed by atoms with Gasteiger partial charge in [0.25, 0.3) is 5.56 Å². The summed E-state index contributed by atoms with van der Waals surface area (Å²) < 4.78 is 0.879. The molecule has 114 valence electrons. The standard InChI is InChI=1S/C15H13BrClN3O2/c16-10-1-2-12(17)9(5-10)6-14(21)20-4-3-13-11(7-20)15(22)19-8-18-13/h1-2,5,8H,3-4,6-7H2,(H,18,19,22). The number of nitrogens with one attached hydrogen (secondary N) is 1. The topological polar surface area (TPSA) is 66.1 Å². The van der Waals surface area contributed by atoms with Gasteiger partial charge in [-0.3, -0.25) is 9.59 Å². The number of hydrogen-bond acceptors (Lipinski definition) is 3. The van der Waals surface area contributed by atoms with Crippen molar-refractivity contribution < 1.29 is 4.79 Å². The second-order valence-electron chi connectivity index (χ2n) is 5.13. The van der Waals surface area contributed by atoms with Gasteiger partial charge in [-0.15, -0.1) is 0 Å². The van der Waals surface area contributed by atoms with Crippen molar-refractivity contribution in [3.63, 3.8) is 0 Å². The molecule has 0 atom stereocenters. The fourth-order valence-electron chi connectivity index (χ4n) is 2.52. The minimum Gasteiger partial charge on any atom is -0.337 e. The Labute approximate surface area is 140 Å². The summed E-state index contributed by atoms with van der Waals surface area (Å²) in [7, 11) is 0. The van der Waals surface area contributed by atoms with Gasteiger partial charge in [-0.05, 0) is 23.8 Å². The van der Waals surface area contributed by atoms with E-state index in [-0.39, 0.29) is 17.9 Å². The Morgan fingerprint density at radius 2 is 2.27 bits per heavy atom. The van der Waals surface area contributed by atoms with Crippen LogP contribution >= 0.6 is 27.5 Å². The maximum Gasteiger partial charge on any atom is 0.255 e. The number of benzene rings is 1. The molecule has 0 fully saturated rings. The van der Waals surface area contributed by atoms with Crippen LogP contribution in [0.5, 0.6) is 0 Å². The molecule has 7 heteroatoms. The molecule has 0 saturated carbocycles. The molecule has 1 aromatic carbocycles. The van der Waals surface area contributed by atoms with Crippen LogP contribution in [0.2, 0.25) is 5.02 Å². The summed E-state index contributed by atoms with van der Waals surface area (Å²) in [4.78, 5) is 32.7. The summed E-state index contributed by atoms with van der Waals surface area (Å²) in [6.07, 6.45) is 2.21. The Bertz CT molecular complexity index is 791. The fourth-order valence-corrected chi connectivity index (χ4v) is 3.11. The molecule has 0 radical (unpaired) electrons. The molecule has 0 aliphatic carbocycles. The molecular weight excluding hydrogens is 370 g/mol. The van der Waals surface area contributed by atoms with Crippen LogP contribution in [0.25, 0.3) is 0 Å². The van der Waals surface area contributed by atoms with Crippen LogP contribution in [0, 0.1) is 0 Å². The van der Waals surface area contributed by atoms with E-state index in [9.17, 15) is 9.59 Å². The Hall–Kier alpha value is -1.66. The molecule has 1 amide bonds. The van der Waals surface area contributed by atoms with E-state index in [4.69, 9.17) is 11.6 Å². The van der Waals surface area contributed by atoms with E-state index in [2.05, 4.69) is 25.9 Å². The normalized spacial score (nSPS) is 13.8. The highest BCUT2D eigenvalue weighted by atomic mass is 79.9. The summed E-state index contributed by atoms with van der Waals surface area (Å²) in [6.45, 7) is 0.858. The molecule has 1 aliphatic rings. The van der Waals surface area contributed by atoms with E-state index in [0.29, 0.717) is 30.1 Å². The minimum absolute atomic E-state index is 0.0473. The van der Waals surface area contributed by atoms with Gasteiger partial charge in [0.2, 0.25) is 5.91 Å². The van der Waals surface area contributed by atoms with E-state index in [1.807, 2.05) is 12.1 Å². The van der Waals surface area contributed by atoms with E-state index < -0.39 is 0 Å². The predicted molar refractivity (Wildman–Crippen MR) is 86.8 cm³/mol. The summed E-state index contributed by atoms with van der Waals surface area (Å²) in [6, 6.07) is 5.43. The molecule has 0 spiro atoms. The first kappa shape index (κ1) is 15.2. The molecule has 2 heterocycles. The predicted octanol–water partition coefficient (Wildman–Crippen LogP) is 2.31. The Morgan fingerprint density at radius 3 is 3.09 bits per heavy atom. The molecule has 1 aliphatic heterocycles. The molecule has 1 aromatic heterocycles. The number of H-pyrrole nitrogens is 1. The minimum atomic E-state index is -0.178. The van der Waals surface area contributed by atoms with Gasteiger partial charge in [-0.1, -0.05) is 27.5 Å². The van der Waals surface area contributed by atoms with Crippen LogP contribution in [0.15, 0.2) is 33.8 Å². The Morgan fingerprint density at radius 1 is 1.45 bits per heavy atom. The summed E-state index contributed by atoms with van der Waals surface area (Å²) >= 11 is 9.50. The second-order valence-corrected chi connectivity index (χ2v) is 6.46. The largest absolute Gasteiger partial charge is 0.337 e. The highest BCUT2D eigenvalue weighted by molar-refractivity contribution is 9.10. The smallest absolute Gasteiger partial charge is 0.255 e. The second kappa shape index (κ2) is 6.22. The molecule has 0 unspecified atom stereocenters. The van der Waals surface area contributed by atoms with Gasteiger partial charge in [-0.2, -0.15) is 0 Å². The van der Waals surface area contributed by atoms with Gasteiger partial charge in [-0.25, -0.2) is 4.98 Å². The highest BCUT2D eigenvalue weighted by Gasteiger charge is 2.24. The zero-order valence-corrected chi connectivity index (χ0v) is 13.9. The number of hydrogen-bond donors (Lipinski definition) is 1. The van der Waals surface area contributed by atoms with Crippen LogP contribution in [0.4, 0.5) is 0 Å². The van der Waals surface area contributed by atoms with Gasteiger partial charge in [0, 0.05) is 22.5 Å². The van der Waals surface area contributed by atoms with E-state index in [0.717, 1.165) is 15.7 Å². The van der Waals surface area contributed by atoms with Gasteiger partial charge < -0.3 is 9.88 Å². The molecule has 0 saturated heterocycles. The van der Waals surface area contributed by atoms with Crippen LogP contribution in [-0.4, -0.2) is 27.3 Å². The maximum absolute atomic E-state index is 12.5. The average molecular weight is 383 g/mol. The highest BCUT2D eigenvalue weighted by Crippen LogP contribution is 2.23. The van der Waals surface area contributed by atoms with Crippen LogP contribution in [0.1, 0.15) is 16.8 Å². The third-order valence-electron chi connectivity index (χ3n) is 3.71. The third kappa shape index (κ3) is 3.08. The van der Waals surface area contributed by atoms with E-state index >= 15 is 0 Å². The molecule has 0 bridgehead atoms. The number of halogens is 2. The molecular formula is C15H13BrClN3O2. The lowest BCUT2D eigenvalue weighted by Gasteiger charge is -2.27. The van der Waals surface area contributed by atoms with Crippen molar-refractivity contribution in [1.82, 2.24) is 14.9 Å². The number of carbonyl (C=O) groups is 1. The summed E-state index contributed by atoms with van der Waals surface area (Å²) in [5, 5.41) is 0.563. The van der Waals surface area contributed by atoms with E-state index in [1.54, 1.807) is 11.0 Å². The third-order valence-corrected chi connectivity index (χ3v) is 4.57. The molecule has 5 nitrogen and oxygen atoms in total. The average Bonchev–Trinajstić information content (AvgIpc) is 2.51. The first-order valence-corrected chi connectivity index (χ1v) is 7.99. The van der Waals surface area contributed by atoms with E-state index in [1.165, 1.54) is 6.33 Å². The van der Waals surface area contributed by atoms with Crippen LogP contribution < -0.4 is 5.56 Å². The summed E-state index contributed by atoms with van der Waals surface area (Å²) in [5.41, 5.74) is 1.94. The van der Waals surface area contributed by atoms with Crippen molar-refractivity contribution in [2.75, 3.05) is 6.54 Å². The number of fused-ring (bicyclic) bond motifs is 1. The Kier molecular flexibility index (Phi) is 4.31. The van der Waals surface area contributed by atoms with Gasteiger partial charge >= 0.3 is 0 Å². The number of carbonyl (C=O) groups excluding carboxylic acids is 1. The Balaban J connectivity index is 1.78.